The molecule has 2 aromatic carbocycles. The van der Waals surface area contributed by atoms with Crippen LogP contribution in [0.1, 0.15) is 40.5 Å². The molecule has 4 rings (SSSR count). The molecule has 4 N–H and O–H groups in total. The van der Waals surface area contributed by atoms with Crippen molar-refractivity contribution in [2.45, 2.75) is 57.7 Å². The number of piperidine rings is 1. The monoisotopic (exact) mass is 391 g/mol. The molecule has 0 bridgehead atoms. The van der Waals surface area contributed by atoms with Crippen molar-refractivity contribution in [1.29, 1.82) is 0 Å². The Bertz CT molecular complexity index is 1010. The third kappa shape index (κ3) is 4.27. The van der Waals surface area contributed by atoms with E-state index in [1.54, 1.807) is 0 Å². The second-order valence-corrected chi connectivity index (χ2v) is 9.16. The average molecular weight is 392 g/mol. The van der Waals surface area contributed by atoms with Crippen LogP contribution in [0.15, 0.2) is 48.8 Å². The SMILES string of the molecule is CC1(C)CC(Nc2ncnc(Oc3cccc4ccccc34)c2N)CC(C)(C)N1. The molecule has 2 heterocycles. The van der Waals surface area contributed by atoms with Crippen LogP contribution in [0, 0.1) is 0 Å². The van der Waals surface area contributed by atoms with Gasteiger partial charge in [-0.1, -0.05) is 36.4 Å². The molecule has 0 radical (unpaired) electrons. The highest BCUT2D eigenvalue weighted by Gasteiger charge is 2.38. The number of nitrogens with one attached hydrogen (secondary N) is 2. The van der Waals surface area contributed by atoms with Crippen LogP contribution in [0.3, 0.4) is 0 Å². The topological polar surface area (TPSA) is 85.1 Å². The Morgan fingerprint density at radius 2 is 1.69 bits per heavy atom. The Kier molecular flexibility index (Phi) is 4.82. The van der Waals surface area contributed by atoms with Gasteiger partial charge in [-0.25, -0.2) is 4.98 Å². The van der Waals surface area contributed by atoms with E-state index in [4.69, 9.17) is 10.5 Å². The predicted octanol–water partition coefficient (Wildman–Crippen LogP) is 4.73. The van der Waals surface area contributed by atoms with Crippen molar-refractivity contribution in [3.63, 3.8) is 0 Å². The summed E-state index contributed by atoms with van der Waals surface area (Å²) in [5, 5.41) is 9.35. The molecule has 0 saturated carbocycles. The van der Waals surface area contributed by atoms with Gasteiger partial charge in [0.05, 0.1) is 0 Å². The van der Waals surface area contributed by atoms with Crippen LogP contribution in [0.5, 0.6) is 11.6 Å². The van der Waals surface area contributed by atoms with Gasteiger partial charge in [0.1, 0.15) is 17.8 Å². The number of nitrogens with zero attached hydrogens (tertiary/aromatic N) is 2. The fourth-order valence-corrected chi connectivity index (χ4v) is 4.58. The smallest absolute Gasteiger partial charge is 0.248 e. The molecule has 3 aromatic rings. The number of nitrogen functional groups attached to an aromatic ring is 1. The van der Waals surface area contributed by atoms with Gasteiger partial charge in [-0.2, -0.15) is 4.98 Å². The predicted molar refractivity (Wildman–Crippen MR) is 118 cm³/mol. The molecule has 1 aromatic heterocycles. The van der Waals surface area contributed by atoms with Crippen molar-refractivity contribution < 1.29 is 4.74 Å². The summed E-state index contributed by atoms with van der Waals surface area (Å²) in [4.78, 5) is 8.67. The van der Waals surface area contributed by atoms with Crippen LogP contribution in [-0.4, -0.2) is 27.1 Å². The molecule has 1 aliphatic heterocycles. The maximum atomic E-state index is 6.40. The summed E-state index contributed by atoms with van der Waals surface area (Å²) >= 11 is 0. The Labute approximate surface area is 171 Å². The van der Waals surface area contributed by atoms with Crippen molar-refractivity contribution in [2.24, 2.45) is 0 Å². The van der Waals surface area contributed by atoms with E-state index in [1.165, 1.54) is 6.33 Å². The van der Waals surface area contributed by atoms with Gasteiger partial charge in [0.15, 0.2) is 5.82 Å². The molecule has 0 aliphatic carbocycles. The van der Waals surface area contributed by atoms with Crippen molar-refractivity contribution in [2.75, 3.05) is 11.1 Å². The quantitative estimate of drug-likeness (QED) is 0.596. The summed E-state index contributed by atoms with van der Waals surface area (Å²) < 4.78 is 6.11. The number of hydrogen-bond acceptors (Lipinski definition) is 6. The van der Waals surface area contributed by atoms with Crippen LogP contribution in [0.4, 0.5) is 11.5 Å². The summed E-state index contributed by atoms with van der Waals surface area (Å²) in [6.45, 7) is 8.89. The molecule has 0 amide bonds. The number of aromatic nitrogens is 2. The van der Waals surface area contributed by atoms with Crippen LogP contribution < -0.4 is 21.1 Å². The van der Waals surface area contributed by atoms with E-state index in [1.807, 2.05) is 30.3 Å². The number of benzene rings is 2. The van der Waals surface area contributed by atoms with Crippen LogP contribution in [0.2, 0.25) is 0 Å². The van der Waals surface area contributed by atoms with E-state index in [-0.39, 0.29) is 17.1 Å². The highest BCUT2D eigenvalue weighted by Crippen LogP contribution is 2.35. The van der Waals surface area contributed by atoms with Crippen LogP contribution in [-0.2, 0) is 0 Å². The van der Waals surface area contributed by atoms with Gasteiger partial charge in [0.25, 0.3) is 0 Å². The summed E-state index contributed by atoms with van der Waals surface area (Å²) in [7, 11) is 0. The Morgan fingerprint density at radius 1 is 1.00 bits per heavy atom. The highest BCUT2D eigenvalue weighted by atomic mass is 16.5. The lowest BCUT2D eigenvalue weighted by atomic mass is 9.79. The number of nitrogens with two attached hydrogens (primary N) is 1. The normalized spacial score (nSPS) is 18.5. The van der Waals surface area contributed by atoms with Crippen molar-refractivity contribution >= 4 is 22.3 Å². The summed E-state index contributed by atoms with van der Waals surface area (Å²) in [5.74, 6) is 1.71. The molecule has 1 aliphatic rings. The molecule has 6 heteroatoms. The Morgan fingerprint density at radius 3 is 2.45 bits per heavy atom. The molecule has 0 atom stereocenters. The Balaban J connectivity index is 1.59. The second-order valence-electron chi connectivity index (χ2n) is 9.16. The van der Waals surface area contributed by atoms with Gasteiger partial charge in [-0.3, -0.25) is 0 Å². The first-order valence-corrected chi connectivity index (χ1v) is 10.0. The maximum absolute atomic E-state index is 6.40. The number of ether oxygens (including phenoxy) is 1. The average Bonchev–Trinajstić information content (AvgIpc) is 2.63. The highest BCUT2D eigenvalue weighted by molar-refractivity contribution is 5.88. The molecule has 1 saturated heterocycles. The van der Waals surface area contributed by atoms with Crippen molar-refractivity contribution in [3.05, 3.63) is 48.8 Å². The Hall–Kier alpha value is -2.86. The zero-order chi connectivity index (χ0) is 20.6. The van der Waals surface area contributed by atoms with Gasteiger partial charge in [0, 0.05) is 22.5 Å². The van der Waals surface area contributed by atoms with Gasteiger partial charge in [-0.15, -0.1) is 0 Å². The molecule has 1 fully saturated rings. The van der Waals surface area contributed by atoms with Crippen LogP contribution >= 0.6 is 0 Å². The molecule has 152 valence electrons. The fourth-order valence-electron chi connectivity index (χ4n) is 4.58. The third-order valence-electron chi connectivity index (χ3n) is 5.33. The zero-order valence-corrected chi connectivity index (χ0v) is 17.5. The molecule has 0 spiro atoms. The summed E-state index contributed by atoms with van der Waals surface area (Å²) in [6, 6.07) is 14.3. The lowest BCUT2D eigenvalue weighted by Gasteiger charge is -2.46. The van der Waals surface area contributed by atoms with Crippen molar-refractivity contribution in [3.8, 4) is 11.6 Å². The van der Waals surface area contributed by atoms with E-state index >= 15 is 0 Å². The minimum Gasteiger partial charge on any atom is -0.436 e. The molecule has 0 unspecified atom stereocenters. The number of fused-ring (bicyclic) bond motifs is 1. The first kappa shape index (κ1) is 19.5. The minimum absolute atomic E-state index is 0.0312. The van der Waals surface area contributed by atoms with E-state index in [9.17, 15) is 0 Å². The number of rotatable bonds is 4. The first-order valence-electron chi connectivity index (χ1n) is 10.0. The standard InChI is InChI=1S/C23H29N5O/c1-22(2)12-16(13-23(3,4)28-22)27-20-19(24)21(26-14-25-20)29-18-11-7-9-15-8-5-6-10-17(15)18/h5-11,14,16,28H,12-13,24H2,1-4H3,(H,25,26,27). The second kappa shape index (κ2) is 7.19. The maximum Gasteiger partial charge on any atom is 0.248 e. The molecule has 6 nitrogen and oxygen atoms in total. The van der Waals surface area contributed by atoms with Gasteiger partial charge in [0.2, 0.25) is 5.88 Å². The van der Waals surface area contributed by atoms with E-state index in [0.29, 0.717) is 17.4 Å². The summed E-state index contributed by atoms with van der Waals surface area (Å²) in [5.41, 5.74) is 6.89. The zero-order valence-electron chi connectivity index (χ0n) is 17.5. The van der Waals surface area contributed by atoms with Gasteiger partial charge < -0.3 is 21.1 Å². The lowest BCUT2D eigenvalue weighted by molar-refractivity contribution is 0.170. The molecular weight excluding hydrogens is 362 g/mol. The largest absolute Gasteiger partial charge is 0.436 e. The van der Waals surface area contributed by atoms with E-state index in [2.05, 4.69) is 60.4 Å². The first-order chi connectivity index (χ1) is 13.7. The van der Waals surface area contributed by atoms with Gasteiger partial charge in [-0.05, 0) is 52.0 Å². The molecule has 29 heavy (non-hydrogen) atoms. The van der Waals surface area contributed by atoms with E-state index < -0.39 is 0 Å². The van der Waals surface area contributed by atoms with E-state index in [0.717, 1.165) is 29.4 Å². The lowest BCUT2D eigenvalue weighted by Crippen LogP contribution is -2.60. The molecular formula is C23H29N5O. The summed E-state index contributed by atoms with van der Waals surface area (Å²) in [6.07, 6.45) is 3.44. The van der Waals surface area contributed by atoms with Crippen LogP contribution in [0.25, 0.3) is 10.8 Å². The van der Waals surface area contributed by atoms with Crippen molar-refractivity contribution in [1.82, 2.24) is 15.3 Å². The third-order valence-corrected chi connectivity index (χ3v) is 5.33. The minimum atomic E-state index is 0.0312. The van der Waals surface area contributed by atoms with Gasteiger partial charge >= 0.3 is 0 Å². The number of anilines is 2. The fraction of sp³-hybridized carbons (Fsp3) is 0.391. The number of hydrogen-bond donors (Lipinski definition) is 3.